The molecule has 3 aliphatic rings. The predicted molar refractivity (Wildman–Crippen MR) is 136 cm³/mol. The molecule has 0 saturated carbocycles. The molecule has 1 aromatic heterocycles. The predicted octanol–water partition coefficient (Wildman–Crippen LogP) is 4.21. The van der Waals surface area contributed by atoms with E-state index in [4.69, 9.17) is 17.0 Å². The van der Waals surface area contributed by atoms with Crippen molar-refractivity contribution in [3.05, 3.63) is 40.4 Å². The summed E-state index contributed by atoms with van der Waals surface area (Å²) in [6, 6.07) is 6.24. The van der Waals surface area contributed by atoms with Gasteiger partial charge in [0.25, 0.3) is 5.91 Å². The van der Waals surface area contributed by atoms with Gasteiger partial charge in [0.2, 0.25) is 5.91 Å². The number of thiocarbonyl (C=S) groups is 1. The molecule has 1 aromatic carbocycles. The van der Waals surface area contributed by atoms with E-state index in [1.807, 2.05) is 23.2 Å². The number of carbonyl (C=O) groups is 2. The van der Waals surface area contributed by atoms with Gasteiger partial charge in [-0.15, -0.1) is 0 Å². The third-order valence-electron chi connectivity index (χ3n) is 6.73. The molecule has 0 spiro atoms. The molecule has 3 fully saturated rings. The second-order valence-corrected chi connectivity index (χ2v) is 10.6. The summed E-state index contributed by atoms with van der Waals surface area (Å²) in [5.74, 6) is 0.103. The smallest absolute Gasteiger partial charge is 0.266 e. The average molecular weight is 484 g/mol. The summed E-state index contributed by atoms with van der Waals surface area (Å²) in [6.07, 6.45) is 9.06. The minimum Gasteiger partial charge on any atom is -0.376 e. The minimum atomic E-state index is -0.0545. The van der Waals surface area contributed by atoms with Gasteiger partial charge < -0.3 is 14.2 Å². The van der Waals surface area contributed by atoms with Crippen LogP contribution in [0.25, 0.3) is 17.0 Å². The number of benzene rings is 1. The van der Waals surface area contributed by atoms with E-state index in [0.29, 0.717) is 22.3 Å². The number of hydrogen-bond acceptors (Lipinski definition) is 5. The van der Waals surface area contributed by atoms with Crippen LogP contribution in [0.5, 0.6) is 0 Å². The average Bonchev–Trinajstić information content (AvgIpc) is 3.61. The second-order valence-electron chi connectivity index (χ2n) is 8.89. The lowest BCUT2D eigenvalue weighted by Crippen LogP contribution is -2.35. The Morgan fingerprint density at radius 2 is 2.09 bits per heavy atom. The highest BCUT2D eigenvalue weighted by molar-refractivity contribution is 8.26. The summed E-state index contributed by atoms with van der Waals surface area (Å²) in [6.45, 7) is 5.42. The quantitative estimate of drug-likeness (QED) is 0.455. The van der Waals surface area contributed by atoms with Gasteiger partial charge >= 0.3 is 0 Å². The molecular weight excluding hydrogens is 454 g/mol. The number of hydrogen-bond donors (Lipinski definition) is 0. The van der Waals surface area contributed by atoms with E-state index in [-0.39, 0.29) is 17.9 Å². The summed E-state index contributed by atoms with van der Waals surface area (Å²) in [5.41, 5.74) is 3.23. The van der Waals surface area contributed by atoms with Crippen molar-refractivity contribution in [1.82, 2.24) is 14.4 Å². The highest BCUT2D eigenvalue weighted by Crippen LogP contribution is 2.36. The molecule has 0 N–H and O–H groups in total. The lowest BCUT2D eigenvalue weighted by molar-refractivity contribution is -0.130. The minimum absolute atomic E-state index is 0.0545. The van der Waals surface area contributed by atoms with Crippen LogP contribution < -0.4 is 0 Å². The number of rotatable bonds is 6. The Kier molecular flexibility index (Phi) is 6.58. The third-order valence-corrected chi connectivity index (χ3v) is 8.11. The number of fused-ring (bicyclic) bond motifs is 1. The Morgan fingerprint density at radius 1 is 1.27 bits per heavy atom. The van der Waals surface area contributed by atoms with Crippen LogP contribution in [0, 0.1) is 0 Å². The molecule has 2 aromatic rings. The van der Waals surface area contributed by atoms with E-state index >= 15 is 0 Å². The molecule has 8 heteroatoms. The van der Waals surface area contributed by atoms with Crippen molar-refractivity contribution in [3.8, 4) is 0 Å². The highest BCUT2D eigenvalue weighted by atomic mass is 32.2. The fourth-order valence-corrected chi connectivity index (χ4v) is 6.26. The molecule has 2 amide bonds. The zero-order chi connectivity index (χ0) is 22.9. The van der Waals surface area contributed by atoms with Crippen molar-refractivity contribution in [2.45, 2.75) is 51.7 Å². The summed E-state index contributed by atoms with van der Waals surface area (Å²) in [5, 5.41) is 1.06. The van der Waals surface area contributed by atoms with Crippen LogP contribution >= 0.6 is 24.0 Å². The molecule has 3 aliphatic heterocycles. The number of amides is 2. The number of nitrogens with zero attached hydrogens (tertiary/aromatic N) is 3. The summed E-state index contributed by atoms with van der Waals surface area (Å²) < 4.78 is 8.36. The first kappa shape index (κ1) is 22.6. The van der Waals surface area contributed by atoms with E-state index in [0.717, 1.165) is 68.3 Å². The van der Waals surface area contributed by atoms with Crippen molar-refractivity contribution in [2.24, 2.45) is 0 Å². The molecule has 33 heavy (non-hydrogen) atoms. The van der Waals surface area contributed by atoms with Crippen LogP contribution in [0.15, 0.2) is 29.3 Å². The standard InChI is InChI=1S/C25H29N3O3S2/c1-2-17-7-5-9-20-18(14-27(23(17)20)16-22(29)26-10-3-4-11-26)13-21-24(30)28(25(32)33-21)15-19-8-6-12-31-19/h5,7,9,13-14,19H,2-4,6,8,10-12,15-16H2,1H3/b21-13-/t19-/m0/s1. The maximum absolute atomic E-state index is 13.2. The molecule has 5 rings (SSSR count). The van der Waals surface area contributed by atoms with Crippen molar-refractivity contribution >= 4 is 57.1 Å². The fraction of sp³-hybridized carbons (Fsp3) is 0.480. The van der Waals surface area contributed by atoms with Crippen molar-refractivity contribution in [3.63, 3.8) is 0 Å². The Labute approximate surface area is 203 Å². The van der Waals surface area contributed by atoms with E-state index in [2.05, 4.69) is 23.6 Å². The van der Waals surface area contributed by atoms with Crippen LogP contribution in [0.4, 0.5) is 0 Å². The van der Waals surface area contributed by atoms with E-state index in [1.165, 1.54) is 17.3 Å². The SMILES string of the molecule is CCc1cccc2c(/C=C3\SC(=S)N(C[C@@H]4CCCO4)C3=O)cn(CC(=O)N3CCCC3)c12. The maximum Gasteiger partial charge on any atom is 0.266 e. The number of para-hydroxylation sites is 1. The first-order chi connectivity index (χ1) is 16.0. The highest BCUT2D eigenvalue weighted by Gasteiger charge is 2.35. The van der Waals surface area contributed by atoms with Gasteiger partial charge in [0.15, 0.2) is 0 Å². The topological polar surface area (TPSA) is 54.8 Å². The van der Waals surface area contributed by atoms with Crippen LogP contribution in [0.1, 0.15) is 43.7 Å². The molecule has 4 heterocycles. The summed E-state index contributed by atoms with van der Waals surface area (Å²) in [7, 11) is 0. The molecular formula is C25H29N3O3S2. The van der Waals surface area contributed by atoms with Gasteiger partial charge in [0.1, 0.15) is 10.9 Å². The first-order valence-electron chi connectivity index (χ1n) is 11.8. The third kappa shape index (κ3) is 4.48. The van der Waals surface area contributed by atoms with Crippen LogP contribution in [0.3, 0.4) is 0 Å². The van der Waals surface area contributed by atoms with Gasteiger partial charge in [-0.05, 0) is 43.7 Å². The summed E-state index contributed by atoms with van der Waals surface area (Å²) in [4.78, 5) is 30.3. The number of carbonyl (C=O) groups excluding carboxylic acids is 2. The Hall–Kier alpha value is -2.16. The molecule has 3 saturated heterocycles. The zero-order valence-electron chi connectivity index (χ0n) is 18.9. The van der Waals surface area contributed by atoms with Crippen molar-refractivity contribution in [1.29, 1.82) is 0 Å². The molecule has 0 bridgehead atoms. The molecule has 1 atom stereocenters. The number of ether oxygens (including phenoxy) is 1. The van der Waals surface area contributed by atoms with Crippen LogP contribution in [-0.2, 0) is 27.3 Å². The second kappa shape index (κ2) is 9.60. The molecule has 0 unspecified atom stereocenters. The van der Waals surface area contributed by atoms with Gasteiger partial charge in [-0.3, -0.25) is 14.5 Å². The molecule has 0 aliphatic carbocycles. The van der Waals surface area contributed by atoms with Gasteiger partial charge in [0.05, 0.1) is 23.1 Å². The van der Waals surface area contributed by atoms with Gasteiger partial charge in [-0.25, -0.2) is 0 Å². The summed E-state index contributed by atoms with van der Waals surface area (Å²) >= 11 is 6.87. The molecule has 0 radical (unpaired) electrons. The van der Waals surface area contributed by atoms with Crippen LogP contribution in [0.2, 0.25) is 0 Å². The van der Waals surface area contributed by atoms with Gasteiger partial charge in [-0.2, -0.15) is 0 Å². The lowest BCUT2D eigenvalue weighted by atomic mass is 10.1. The number of aryl methyl sites for hydroxylation is 1. The van der Waals surface area contributed by atoms with E-state index in [9.17, 15) is 9.59 Å². The fourth-order valence-electron chi connectivity index (χ4n) is 4.99. The number of thioether (sulfide) groups is 1. The van der Waals surface area contributed by atoms with E-state index < -0.39 is 0 Å². The van der Waals surface area contributed by atoms with E-state index in [1.54, 1.807) is 4.90 Å². The normalized spacial score (nSPS) is 22.5. The lowest BCUT2D eigenvalue weighted by Gasteiger charge is -2.18. The zero-order valence-corrected chi connectivity index (χ0v) is 20.6. The van der Waals surface area contributed by atoms with Crippen molar-refractivity contribution in [2.75, 3.05) is 26.2 Å². The van der Waals surface area contributed by atoms with Gasteiger partial charge in [0, 0.05) is 36.8 Å². The number of likely N-dealkylation sites (tertiary alicyclic amines) is 1. The maximum atomic E-state index is 13.2. The largest absolute Gasteiger partial charge is 0.376 e. The molecule has 6 nitrogen and oxygen atoms in total. The first-order valence-corrected chi connectivity index (χ1v) is 13.0. The Balaban J connectivity index is 1.46. The van der Waals surface area contributed by atoms with Crippen molar-refractivity contribution < 1.29 is 14.3 Å². The molecule has 174 valence electrons. The van der Waals surface area contributed by atoms with Gasteiger partial charge in [-0.1, -0.05) is 49.1 Å². The van der Waals surface area contributed by atoms with Crippen LogP contribution in [-0.4, -0.2) is 62.8 Å². The Bertz CT molecular complexity index is 1130. The Morgan fingerprint density at radius 3 is 2.82 bits per heavy atom. The monoisotopic (exact) mass is 483 g/mol. The number of aromatic nitrogens is 1.